The summed E-state index contributed by atoms with van der Waals surface area (Å²) >= 11 is 7.04. The first-order valence-electron chi connectivity index (χ1n) is 7.61. The number of carbonyl (C=O) groups excluding carboxylic acids is 2. The van der Waals surface area contributed by atoms with E-state index < -0.39 is 41.1 Å². The van der Waals surface area contributed by atoms with Gasteiger partial charge < -0.3 is 10.1 Å². The van der Waals surface area contributed by atoms with Crippen molar-refractivity contribution in [1.29, 1.82) is 0 Å². The summed E-state index contributed by atoms with van der Waals surface area (Å²) in [6, 6.07) is 6.96. The number of thiophene rings is 1. The maximum Gasteiger partial charge on any atom is 0.350 e. The quantitative estimate of drug-likeness (QED) is 0.601. The molecule has 0 aliphatic carbocycles. The molecule has 0 spiro atoms. The number of para-hydroxylation sites is 1. The van der Waals surface area contributed by atoms with Crippen molar-refractivity contribution in [3.8, 4) is 0 Å². The lowest BCUT2D eigenvalue weighted by Gasteiger charge is -2.14. The van der Waals surface area contributed by atoms with Gasteiger partial charge in [-0.05, 0) is 37.3 Å². The maximum absolute atomic E-state index is 13.6. The van der Waals surface area contributed by atoms with Crippen LogP contribution in [0.3, 0.4) is 0 Å². The van der Waals surface area contributed by atoms with E-state index in [1.807, 2.05) is 5.32 Å². The second-order valence-electron chi connectivity index (χ2n) is 5.52. The summed E-state index contributed by atoms with van der Waals surface area (Å²) in [5.41, 5.74) is -0.638. The maximum atomic E-state index is 13.6. The van der Waals surface area contributed by atoms with Crippen LogP contribution in [-0.4, -0.2) is 18.0 Å². The minimum absolute atomic E-state index is 0.00557. The molecule has 2 aromatic carbocycles. The smallest absolute Gasteiger partial charge is 0.350 e. The predicted molar refractivity (Wildman–Crippen MR) is 96.7 cm³/mol. The van der Waals surface area contributed by atoms with E-state index in [0.29, 0.717) is 10.1 Å². The van der Waals surface area contributed by atoms with Crippen molar-refractivity contribution in [3.63, 3.8) is 0 Å². The normalized spacial score (nSPS) is 12.0. The molecule has 9 heteroatoms. The molecule has 27 heavy (non-hydrogen) atoms. The lowest BCUT2D eigenvalue weighted by atomic mass is 10.2. The van der Waals surface area contributed by atoms with Gasteiger partial charge in [-0.3, -0.25) is 4.79 Å². The zero-order valence-corrected chi connectivity index (χ0v) is 15.3. The van der Waals surface area contributed by atoms with E-state index in [2.05, 4.69) is 0 Å². The highest BCUT2D eigenvalue weighted by molar-refractivity contribution is 7.21. The summed E-state index contributed by atoms with van der Waals surface area (Å²) in [5, 5.41) is 2.59. The number of nitrogens with one attached hydrogen (secondary N) is 1. The lowest BCUT2D eigenvalue weighted by Crippen LogP contribution is -2.30. The highest BCUT2D eigenvalue weighted by Gasteiger charge is 2.25. The van der Waals surface area contributed by atoms with E-state index in [4.69, 9.17) is 16.3 Å². The Hall–Kier alpha value is -2.58. The molecule has 0 saturated heterocycles. The van der Waals surface area contributed by atoms with Crippen molar-refractivity contribution in [2.24, 2.45) is 0 Å². The molecular formula is C18H11ClF3NO3S. The molecular weight excluding hydrogens is 403 g/mol. The molecule has 1 unspecified atom stereocenters. The Kier molecular flexibility index (Phi) is 5.38. The molecule has 3 rings (SSSR count). The number of hydrogen-bond acceptors (Lipinski definition) is 4. The minimum Gasteiger partial charge on any atom is -0.448 e. The Bertz CT molecular complexity index is 1030. The molecule has 1 heterocycles. The van der Waals surface area contributed by atoms with E-state index >= 15 is 0 Å². The van der Waals surface area contributed by atoms with Crippen LogP contribution in [0, 0.1) is 17.5 Å². The molecule has 1 amide bonds. The summed E-state index contributed by atoms with van der Waals surface area (Å²) in [4.78, 5) is 24.4. The fourth-order valence-corrected chi connectivity index (χ4v) is 3.70. The number of ether oxygens (including phenoxy) is 1. The predicted octanol–water partition coefficient (Wildman–Crippen LogP) is 5.16. The molecule has 3 aromatic rings. The standard InChI is InChI=1S/C18H11ClF3NO3S/c1-8(17(24)23-15-11(21)3-2-4-12(15)22)26-18(25)16-14(19)10-6-5-9(20)7-13(10)27-16/h2-8H,1H3,(H,23,24). The average Bonchev–Trinajstić information content (AvgIpc) is 2.94. The van der Waals surface area contributed by atoms with Crippen LogP contribution < -0.4 is 5.32 Å². The average molecular weight is 414 g/mol. The first kappa shape index (κ1) is 19.2. The molecule has 0 aliphatic heterocycles. The highest BCUT2D eigenvalue weighted by atomic mass is 35.5. The van der Waals surface area contributed by atoms with Crippen LogP contribution in [0.1, 0.15) is 16.6 Å². The third kappa shape index (κ3) is 3.91. The molecule has 0 aliphatic rings. The van der Waals surface area contributed by atoms with Gasteiger partial charge in [0, 0.05) is 10.1 Å². The topological polar surface area (TPSA) is 55.4 Å². The third-order valence-electron chi connectivity index (χ3n) is 3.64. The number of amides is 1. The number of hydrogen-bond donors (Lipinski definition) is 1. The van der Waals surface area contributed by atoms with Crippen LogP contribution in [0.4, 0.5) is 18.9 Å². The van der Waals surface area contributed by atoms with Crippen molar-refractivity contribution in [2.45, 2.75) is 13.0 Å². The van der Waals surface area contributed by atoms with Crippen LogP contribution in [0.5, 0.6) is 0 Å². The van der Waals surface area contributed by atoms with E-state index in [-0.39, 0.29) is 9.90 Å². The first-order valence-corrected chi connectivity index (χ1v) is 8.80. The van der Waals surface area contributed by atoms with E-state index in [9.17, 15) is 22.8 Å². The number of carbonyl (C=O) groups is 2. The van der Waals surface area contributed by atoms with Gasteiger partial charge in [0.25, 0.3) is 5.91 Å². The van der Waals surface area contributed by atoms with Gasteiger partial charge in [-0.1, -0.05) is 17.7 Å². The Morgan fingerprint density at radius 3 is 2.48 bits per heavy atom. The van der Waals surface area contributed by atoms with Gasteiger partial charge >= 0.3 is 5.97 Å². The van der Waals surface area contributed by atoms with Gasteiger partial charge in [-0.2, -0.15) is 0 Å². The summed E-state index contributed by atoms with van der Waals surface area (Å²) in [5.74, 6) is -4.23. The van der Waals surface area contributed by atoms with Crippen molar-refractivity contribution in [1.82, 2.24) is 0 Å². The Morgan fingerprint density at radius 2 is 1.81 bits per heavy atom. The van der Waals surface area contributed by atoms with Gasteiger partial charge in [0.1, 0.15) is 28.0 Å². The summed E-state index contributed by atoms with van der Waals surface area (Å²) in [6.45, 7) is 1.24. The molecule has 0 bridgehead atoms. The minimum atomic E-state index is -1.35. The SMILES string of the molecule is CC(OC(=O)c1sc2cc(F)ccc2c1Cl)C(=O)Nc1c(F)cccc1F. The fraction of sp³-hybridized carbons (Fsp3) is 0.111. The highest BCUT2D eigenvalue weighted by Crippen LogP contribution is 2.36. The lowest BCUT2D eigenvalue weighted by molar-refractivity contribution is -0.123. The molecule has 1 aromatic heterocycles. The monoisotopic (exact) mass is 413 g/mol. The second-order valence-corrected chi connectivity index (χ2v) is 6.95. The second kappa shape index (κ2) is 7.58. The molecule has 0 saturated carbocycles. The van der Waals surface area contributed by atoms with Gasteiger partial charge in [-0.15, -0.1) is 11.3 Å². The van der Waals surface area contributed by atoms with Gasteiger partial charge in [0.15, 0.2) is 6.10 Å². The molecule has 0 radical (unpaired) electrons. The van der Waals surface area contributed by atoms with Crippen molar-refractivity contribution < 1.29 is 27.5 Å². The van der Waals surface area contributed by atoms with Gasteiger partial charge in [0.05, 0.1) is 5.02 Å². The van der Waals surface area contributed by atoms with Crippen LogP contribution in [0.2, 0.25) is 5.02 Å². The number of halogens is 4. The van der Waals surface area contributed by atoms with Crippen LogP contribution in [0.15, 0.2) is 36.4 Å². The largest absolute Gasteiger partial charge is 0.448 e. The Labute approximate surface area is 160 Å². The van der Waals surface area contributed by atoms with Crippen molar-refractivity contribution >= 4 is 50.6 Å². The van der Waals surface area contributed by atoms with Gasteiger partial charge in [0.2, 0.25) is 0 Å². The van der Waals surface area contributed by atoms with Crippen molar-refractivity contribution in [2.75, 3.05) is 5.32 Å². The number of benzene rings is 2. The van der Waals surface area contributed by atoms with Crippen LogP contribution in [0.25, 0.3) is 10.1 Å². The van der Waals surface area contributed by atoms with E-state index in [0.717, 1.165) is 29.5 Å². The molecule has 1 atom stereocenters. The van der Waals surface area contributed by atoms with E-state index in [1.54, 1.807) is 0 Å². The molecule has 0 fully saturated rings. The van der Waals surface area contributed by atoms with Crippen LogP contribution in [-0.2, 0) is 9.53 Å². The molecule has 4 nitrogen and oxygen atoms in total. The third-order valence-corrected chi connectivity index (χ3v) is 5.28. The Morgan fingerprint density at radius 1 is 1.15 bits per heavy atom. The summed E-state index contributed by atoms with van der Waals surface area (Å²) < 4.78 is 46.0. The zero-order valence-electron chi connectivity index (χ0n) is 13.7. The number of anilines is 1. The number of fused-ring (bicyclic) bond motifs is 1. The van der Waals surface area contributed by atoms with Crippen molar-refractivity contribution in [3.05, 3.63) is 63.7 Å². The molecule has 1 N–H and O–H groups in total. The fourth-order valence-electron chi connectivity index (χ4n) is 2.28. The summed E-state index contributed by atoms with van der Waals surface area (Å²) in [7, 11) is 0. The van der Waals surface area contributed by atoms with Gasteiger partial charge in [-0.25, -0.2) is 18.0 Å². The number of rotatable bonds is 4. The first-order chi connectivity index (χ1) is 12.8. The zero-order chi connectivity index (χ0) is 19.7. The Balaban J connectivity index is 1.75. The summed E-state index contributed by atoms with van der Waals surface area (Å²) in [6.07, 6.45) is -1.35. The van der Waals surface area contributed by atoms with Crippen LogP contribution >= 0.6 is 22.9 Å². The molecule has 140 valence electrons. The van der Waals surface area contributed by atoms with E-state index in [1.165, 1.54) is 25.1 Å². The number of esters is 1.